The molecule has 1 heterocycles. The zero-order chi connectivity index (χ0) is 13.8. The topological polar surface area (TPSA) is 57.7 Å². The predicted octanol–water partition coefficient (Wildman–Crippen LogP) is 1.52. The van der Waals surface area contributed by atoms with Crippen LogP contribution in [0.1, 0.15) is 45.4 Å². The summed E-state index contributed by atoms with van der Waals surface area (Å²) in [4.78, 5) is 38.1. The van der Waals surface area contributed by atoms with Gasteiger partial charge in [0.2, 0.25) is 0 Å². The van der Waals surface area contributed by atoms with Gasteiger partial charge in [-0.1, -0.05) is 19.3 Å². The first-order valence-corrected chi connectivity index (χ1v) is 6.75. The molecule has 0 unspecified atom stereocenters. The summed E-state index contributed by atoms with van der Waals surface area (Å²) in [5, 5.41) is 0. The van der Waals surface area contributed by atoms with Gasteiger partial charge in [0.15, 0.2) is 0 Å². The zero-order valence-electron chi connectivity index (χ0n) is 11.1. The van der Waals surface area contributed by atoms with Gasteiger partial charge in [-0.15, -0.1) is 11.8 Å². The maximum Gasteiger partial charge on any atom is 0.334 e. The van der Waals surface area contributed by atoms with Gasteiger partial charge in [0.05, 0.1) is 0 Å². The van der Waals surface area contributed by atoms with Crippen LogP contribution in [0.4, 0.5) is 4.79 Å². The molecule has 2 aliphatic rings. The van der Waals surface area contributed by atoms with Crippen LogP contribution in [0.3, 0.4) is 0 Å². The van der Waals surface area contributed by atoms with Crippen molar-refractivity contribution in [3.8, 4) is 11.8 Å². The van der Waals surface area contributed by atoms with Crippen molar-refractivity contribution in [3.05, 3.63) is 0 Å². The highest BCUT2D eigenvalue weighted by molar-refractivity contribution is 6.44. The lowest BCUT2D eigenvalue weighted by atomic mass is 9.94. The first-order valence-electron chi connectivity index (χ1n) is 6.75. The van der Waals surface area contributed by atoms with E-state index in [0.29, 0.717) is 6.42 Å². The van der Waals surface area contributed by atoms with Crippen LogP contribution in [0.5, 0.6) is 0 Å². The van der Waals surface area contributed by atoms with E-state index in [-0.39, 0.29) is 12.6 Å². The summed E-state index contributed by atoms with van der Waals surface area (Å²) in [6.45, 7) is 1.90. The van der Waals surface area contributed by atoms with Gasteiger partial charge in [-0.3, -0.25) is 19.4 Å². The molecule has 1 aliphatic carbocycles. The van der Waals surface area contributed by atoms with Crippen LogP contribution in [-0.4, -0.2) is 40.2 Å². The number of nitrogens with zero attached hydrogens (tertiary/aromatic N) is 2. The van der Waals surface area contributed by atoms with Crippen molar-refractivity contribution in [2.45, 2.75) is 51.5 Å². The molecule has 19 heavy (non-hydrogen) atoms. The summed E-state index contributed by atoms with van der Waals surface area (Å²) in [7, 11) is 0. The number of urea groups is 1. The number of amides is 4. The van der Waals surface area contributed by atoms with Crippen LogP contribution >= 0.6 is 0 Å². The van der Waals surface area contributed by atoms with E-state index in [9.17, 15) is 14.4 Å². The Morgan fingerprint density at radius 1 is 1.11 bits per heavy atom. The summed E-state index contributed by atoms with van der Waals surface area (Å²) in [5.74, 6) is 4.14. The number of carbonyl (C=O) groups is 3. The third-order valence-corrected chi connectivity index (χ3v) is 3.66. The molecule has 0 aromatic carbocycles. The van der Waals surface area contributed by atoms with E-state index in [0.717, 1.165) is 37.0 Å². The lowest BCUT2D eigenvalue weighted by Gasteiger charge is -2.28. The molecule has 0 atom stereocenters. The van der Waals surface area contributed by atoms with Gasteiger partial charge < -0.3 is 0 Å². The number of hydrogen-bond acceptors (Lipinski definition) is 3. The van der Waals surface area contributed by atoms with E-state index in [1.54, 1.807) is 6.92 Å². The Morgan fingerprint density at radius 2 is 1.79 bits per heavy atom. The number of rotatable bonds is 3. The fraction of sp³-hybridized carbons (Fsp3) is 0.643. The van der Waals surface area contributed by atoms with Gasteiger partial charge in [-0.2, -0.15) is 0 Å². The maximum absolute atomic E-state index is 12.2. The smallest absolute Gasteiger partial charge is 0.263 e. The van der Waals surface area contributed by atoms with Gasteiger partial charge in [0.1, 0.15) is 0 Å². The molecule has 0 radical (unpaired) electrons. The van der Waals surface area contributed by atoms with Gasteiger partial charge >= 0.3 is 17.8 Å². The Hall–Kier alpha value is -1.83. The minimum atomic E-state index is -0.700. The van der Waals surface area contributed by atoms with Crippen LogP contribution in [0.15, 0.2) is 0 Å². The molecule has 0 N–H and O–H groups in total. The third-order valence-electron chi connectivity index (χ3n) is 3.66. The molecule has 0 aromatic heterocycles. The molecule has 1 aliphatic heterocycles. The van der Waals surface area contributed by atoms with Gasteiger partial charge in [0.25, 0.3) is 0 Å². The molecular weight excluding hydrogens is 244 g/mol. The lowest BCUT2D eigenvalue weighted by molar-refractivity contribution is -0.144. The summed E-state index contributed by atoms with van der Waals surface area (Å²) in [6.07, 6.45) is 5.20. The fourth-order valence-electron chi connectivity index (χ4n) is 2.67. The SMILES string of the molecule is CC#CCCN1C(=O)C(=O)N(C2CCCCC2)C1=O. The molecule has 1 saturated heterocycles. The zero-order valence-corrected chi connectivity index (χ0v) is 11.1. The molecule has 0 bridgehead atoms. The Balaban J connectivity index is 2.08. The largest absolute Gasteiger partial charge is 0.334 e. The van der Waals surface area contributed by atoms with E-state index >= 15 is 0 Å². The van der Waals surface area contributed by atoms with Gasteiger partial charge in [0, 0.05) is 19.0 Å². The predicted molar refractivity (Wildman–Crippen MR) is 68.9 cm³/mol. The molecule has 4 amide bonds. The first kappa shape index (κ1) is 13.6. The maximum atomic E-state index is 12.2. The van der Waals surface area contributed by atoms with Crippen LogP contribution < -0.4 is 0 Å². The van der Waals surface area contributed by atoms with Crippen LogP contribution in [0, 0.1) is 11.8 Å². The molecule has 102 valence electrons. The van der Waals surface area contributed by atoms with Crippen molar-refractivity contribution >= 4 is 17.8 Å². The molecular formula is C14H18N2O3. The van der Waals surface area contributed by atoms with Crippen molar-refractivity contribution in [1.29, 1.82) is 0 Å². The van der Waals surface area contributed by atoms with Gasteiger partial charge in [-0.05, 0) is 19.8 Å². The molecule has 2 rings (SSSR count). The summed E-state index contributed by atoms with van der Waals surface area (Å²) in [6, 6.07) is -0.556. The highest BCUT2D eigenvalue weighted by atomic mass is 16.2. The van der Waals surface area contributed by atoms with Crippen molar-refractivity contribution in [2.75, 3.05) is 6.54 Å². The highest BCUT2D eigenvalue weighted by Gasteiger charge is 2.47. The monoisotopic (exact) mass is 262 g/mol. The van der Waals surface area contributed by atoms with Crippen molar-refractivity contribution < 1.29 is 14.4 Å². The molecule has 1 saturated carbocycles. The minimum absolute atomic E-state index is 0.0973. The Kier molecular flexibility index (Phi) is 4.20. The fourth-order valence-corrected chi connectivity index (χ4v) is 2.67. The molecule has 0 aromatic rings. The van der Waals surface area contributed by atoms with Gasteiger partial charge in [-0.25, -0.2) is 4.79 Å². The second-order valence-electron chi connectivity index (χ2n) is 4.88. The first-order chi connectivity index (χ1) is 9.16. The quantitative estimate of drug-likeness (QED) is 0.440. The van der Waals surface area contributed by atoms with Crippen molar-refractivity contribution in [1.82, 2.24) is 9.80 Å². The minimum Gasteiger partial charge on any atom is -0.263 e. The van der Waals surface area contributed by atoms with E-state index in [1.807, 2.05) is 0 Å². The summed E-state index contributed by atoms with van der Waals surface area (Å²) >= 11 is 0. The van der Waals surface area contributed by atoms with E-state index < -0.39 is 17.8 Å². The third kappa shape index (κ3) is 2.62. The molecule has 5 nitrogen and oxygen atoms in total. The Morgan fingerprint density at radius 3 is 2.42 bits per heavy atom. The van der Waals surface area contributed by atoms with E-state index in [4.69, 9.17) is 0 Å². The Labute approximate surface area is 112 Å². The standard InChI is InChI=1S/C14H18N2O3/c1-2-3-7-10-15-12(17)13(18)16(14(15)19)11-8-5-4-6-9-11/h11H,4-10H2,1H3. The van der Waals surface area contributed by atoms with E-state index in [2.05, 4.69) is 11.8 Å². The summed E-state index contributed by atoms with van der Waals surface area (Å²) in [5.41, 5.74) is 0. The van der Waals surface area contributed by atoms with Crippen LogP contribution in [0.2, 0.25) is 0 Å². The molecule has 5 heteroatoms. The second kappa shape index (κ2) is 5.87. The lowest BCUT2D eigenvalue weighted by Crippen LogP contribution is -2.42. The average molecular weight is 262 g/mol. The number of carbonyl (C=O) groups excluding carboxylic acids is 3. The van der Waals surface area contributed by atoms with Crippen LogP contribution in [0.25, 0.3) is 0 Å². The number of hydrogen-bond donors (Lipinski definition) is 0. The normalized spacial score (nSPS) is 20.8. The average Bonchev–Trinajstić information content (AvgIpc) is 2.64. The highest BCUT2D eigenvalue weighted by Crippen LogP contribution is 2.26. The van der Waals surface area contributed by atoms with E-state index in [1.165, 1.54) is 4.90 Å². The molecule has 0 spiro atoms. The van der Waals surface area contributed by atoms with Crippen molar-refractivity contribution in [3.63, 3.8) is 0 Å². The number of imide groups is 2. The Bertz CT molecular complexity index is 455. The second-order valence-corrected chi connectivity index (χ2v) is 4.88. The van der Waals surface area contributed by atoms with Crippen molar-refractivity contribution in [2.24, 2.45) is 0 Å². The van der Waals surface area contributed by atoms with Crippen LogP contribution in [-0.2, 0) is 9.59 Å². The summed E-state index contributed by atoms with van der Waals surface area (Å²) < 4.78 is 0. The molecule has 2 fully saturated rings.